The van der Waals surface area contributed by atoms with Crippen LogP contribution in [0, 0.1) is 51.8 Å². The monoisotopic (exact) mass is 386 g/mol. The van der Waals surface area contributed by atoms with Gasteiger partial charge in [0.05, 0.1) is 0 Å². The maximum Gasteiger partial charge on any atom is -0.0261 e. The molecule has 8 unspecified atom stereocenters. The van der Waals surface area contributed by atoms with Crippen LogP contribution in [0.1, 0.15) is 125 Å². The lowest BCUT2D eigenvalue weighted by Gasteiger charge is -2.61. The van der Waals surface area contributed by atoms with Gasteiger partial charge in [-0.3, -0.25) is 0 Å². The Labute approximate surface area is 177 Å². The molecule has 0 bridgehead atoms. The van der Waals surface area contributed by atoms with E-state index in [0.717, 1.165) is 35.5 Å². The Morgan fingerprint density at radius 1 is 0.786 bits per heavy atom. The first-order valence-electron chi connectivity index (χ1n) is 13.2. The van der Waals surface area contributed by atoms with Gasteiger partial charge in [0.25, 0.3) is 0 Å². The van der Waals surface area contributed by atoms with Crippen LogP contribution in [-0.4, -0.2) is 0 Å². The minimum absolute atomic E-state index is 0.548. The van der Waals surface area contributed by atoms with Crippen molar-refractivity contribution in [2.75, 3.05) is 0 Å². The molecule has 0 aromatic carbocycles. The zero-order valence-electron chi connectivity index (χ0n) is 20.2. The molecule has 4 aliphatic carbocycles. The van der Waals surface area contributed by atoms with Crippen molar-refractivity contribution in [1.29, 1.82) is 0 Å². The van der Waals surface area contributed by atoms with Crippen molar-refractivity contribution in [1.82, 2.24) is 0 Å². The molecular weight excluding hydrogens is 336 g/mol. The Morgan fingerprint density at radius 2 is 1.46 bits per heavy atom. The molecule has 4 aliphatic rings. The second kappa shape index (κ2) is 7.60. The van der Waals surface area contributed by atoms with Crippen LogP contribution in [0.4, 0.5) is 0 Å². The molecule has 162 valence electrons. The largest absolute Gasteiger partial charge is 0.0654 e. The summed E-state index contributed by atoms with van der Waals surface area (Å²) in [6, 6.07) is 0. The third-order valence-electron chi connectivity index (χ3n) is 11.1. The maximum absolute atomic E-state index is 2.74. The molecule has 0 saturated heterocycles. The van der Waals surface area contributed by atoms with Crippen molar-refractivity contribution in [3.8, 4) is 0 Å². The van der Waals surface area contributed by atoms with E-state index in [1.54, 1.807) is 51.4 Å². The predicted molar refractivity (Wildman–Crippen MR) is 122 cm³/mol. The molecule has 0 N–H and O–H groups in total. The molecule has 8 atom stereocenters. The van der Waals surface area contributed by atoms with Crippen LogP contribution in [0.2, 0.25) is 0 Å². The van der Waals surface area contributed by atoms with Crippen molar-refractivity contribution in [2.24, 2.45) is 51.8 Å². The SMILES string of the molecule is CCCC1CCC2C3CCC4(C)C(CCC4C(C)(C)CCC)C3CCC2(C)C1. The lowest BCUT2D eigenvalue weighted by Crippen LogP contribution is -2.53. The maximum atomic E-state index is 2.74. The number of fused-ring (bicyclic) bond motifs is 5. The van der Waals surface area contributed by atoms with Crippen molar-refractivity contribution in [3.05, 3.63) is 0 Å². The first kappa shape index (κ1) is 21.2. The first-order chi connectivity index (χ1) is 13.2. The third kappa shape index (κ3) is 3.32. The van der Waals surface area contributed by atoms with Gasteiger partial charge in [-0.15, -0.1) is 0 Å². The van der Waals surface area contributed by atoms with E-state index < -0.39 is 0 Å². The third-order valence-corrected chi connectivity index (χ3v) is 11.1. The molecule has 28 heavy (non-hydrogen) atoms. The van der Waals surface area contributed by atoms with E-state index in [1.165, 1.54) is 32.1 Å². The molecule has 0 aromatic rings. The average molecular weight is 387 g/mol. The lowest BCUT2D eigenvalue weighted by molar-refractivity contribution is -0.114. The zero-order chi connectivity index (χ0) is 20.2. The normalized spacial score (nSPS) is 48.6. The van der Waals surface area contributed by atoms with E-state index >= 15 is 0 Å². The molecule has 4 fully saturated rings. The number of hydrogen-bond donors (Lipinski definition) is 0. The van der Waals surface area contributed by atoms with Crippen LogP contribution >= 0.6 is 0 Å². The molecule has 4 saturated carbocycles. The van der Waals surface area contributed by atoms with Crippen molar-refractivity contribution in [2.45, 2.75) is 125 Å². The van der Waals surface area contributed by atoms with Gasteiger partial charge >= 0.3 is 0 Å². The van der Waals surface area contributed by atoms with E-state index in [-0.39, 0.29) is 0 Å². The van der Waals surface area contributed by atoms with Crippen LogP contribution in [0.3, 0.4) is 0 Å². The van der Waals surface area contributed by atoms with Gasteiger partial charge in [-0.1, -0.05) is 67.2 Å². The minimum Gasteiger partial charge on any atom is -0.0654 e. The quantitative estimate of drug-likeness (QED) is 0.442. The highest BCUT2D eigenvalue weighted by Crippen LogP contribution is 2.69. The summed E-state index contributed by atoms with van der Waals surface area (Å²) in [5, 5.41) is 0. The van der Waals surface area contributed by atoms with E-state index in [0.29, 0.717) is 16.2 Å². The van der Waals surface area contributed by atoms with Gasteiger partial charge in [-0.2, -0.15) is 0 Å². The molecule has 0 radical (unpaired) electrons. The highest BCUT2D eigenvalue weighted by molar-refractivity contribution is 5.10. The fourth-order valence-electron chi connectivity index (χ4n) is 10.2. The molecule has 0 amide bonds. The van der Waals surface area contributed by atoms with Crippen molar-refractivity contribution < 1.29 is 0 Å². The molecule has 0 heterocycles. The van der Waals surface area contributed by atoms with Gasteiger partial charge in [0.15, 0.2) is 0 Å². The van der Waals surface area contributed by atoms with Crippen LogP contribution in [0.25, 0.3) is 0 Å². The molecule has 0 aliphatic heterocycles. The summed E-state index contributed by atoms with van der Waals surface area (Å²) >= 11 is 0. The van der Waals surface area contributed by atoms with Gasteiger partial charge in [0.1, 0.15) is 0 Å². The Kier molecular flexibility index (Phi) is 5.77. The molecule has 0 aromatic heterocycles. The second-order valence-electron chi connectivity index (χ2n) is 13.1. The van der Waals surface area contributed by atoms with Crippen LogP contribution in [-0.2, 0) is 0 Å². The van der Waals surface area contributed by atoms with Gasteiger partial charge < -0.3 is 0 Å². The Morgan fingerprint density at radius 3 is 2.18 bits per heavy atom. The van der Waals surface area contributed by atoms with Gasteiger partial charge in [-0.05, 0) is 110 Å². The Bertz CT molecular complexity index is 546. The number of hydrogen-bond acceptors (Lipinski definition) is 0. The smallest absolute Gasteiger partial charge is 0.0261 e. The predicted octanol–water partition coefficient (Wildman–Crippen LogP) is 8.89. The van der Waals surface area contributed by atoms with E-state index in [9.17, 15) is 0 Å². The summed E-state index contributed by atoms with van der Waals surface area (Å²) < 4.78 is 0. The summed E-state index contributed by atoms with van der Waals surface area (Å²) in [7, 11) is 0. The van der Waals surface area contributed by atoms with E-state index in [2.05, 4.69) is 41.5 Å². The molecule has 0 heteroatoms. The van der Waals surface area contributed by atoms with Crippen molar-refractivity contribution in [3.63, 3.8) is 0 Å². The van der Waals surface area contributed by atoms with Crippen molar-refractivity contribution >= 4 is 0 Å². The minimum atomic E-state index is 0.548. The summed E-state index contributed by atoms with van der Waals surface area (Å²) in [5.74, 6) is 6.27. The summed E-state index contributed by atoms with van der Waals surface area (Å²) in [4.78, 5) is 0. The average Bonchev–Trinajstić information content (AvgIpc) is 2.99. The topological polar surface area (TPSA) is 0 Å². The fraction of sp³-hybridized carbons (Fsp3) is 1.00. The van der Waals surface area contributed by atoms with Crippen LogP contribution in [0.15, 0.2) is 0 Å². The Balaban J connectivity index is 1.52. The fourth-order valence-corrected chi connectivity index (χ4v) is 10.2. The van der Waals surface area contributed by atoms with E-state index in [4.69, 9.17) is 0 Å². The van der Waals surface area contributed by atoms with Crippen LogP contribution in [0.5, 0.6) is 0 Å². The Hall–Kier alpha value is 0. The highest BCUT2D eigenvalue weighted by atomic mass is 14.7. The van der Waals surface area contributed by atoms with Crippen LogP contribution < -0.4 is 0 Å². The molecule has 0 spiro atoms. The summed E-state index contributed by atoms with van der Waals surface area (Å²) in [6.45, 7) is 15.5. The molecular formula is C28H50. The highest BCUT2D eigenvalue weighted by Gasteiger charge is 2.60. The number of rotatable bonds is 5. The summed E-state index contributed by atoms with van der Waals surface area (Å²) in [5.41, 5.74) is 1.88. The van der Waals surface area contributed by atoms with Gasteiger partial charge in [-0.25, -0.2) is 0 Å². The molecule has 0 nitrogen and oxygen atoms in total. The zero-order valence-corrected chi connectivity index (χ0v) is 20.2. The van der Waals surface area contributed by atoms with E-state index in [1.807, 2.05) is 0 Å². The van der Waals surface area contributed by atoms with Gasteiger partial charge in [0, 0.05) is 0 Å². The summed E-state index contributed by atoms with van der Waals surface area (Å²) in [6.07, 6.45) is 19.6. The first-order valence-corrected chi connectivity index (χ1v) is 13.2. The second-order valence-corrected chi connectivity index (χ2v) is 13.1. The lowest BCUT2D eigenvalue weighted by atomic mass is 9.44. The standard InChI is InChI=1S/C28H50/c1-7-9-20-10-11-23-21-15-18-28(6)24(22(21)14-17-27(23,5)19-20)12-13-25(28)26(3,4)16-8-2/h20-25H,7-19H2,1-6H3. The van der Waals surface area contributed by atoms with Gasteiger partial charge in [0.2, 0.25) is 0 Å². The molecule has 4 rings (SSSR count).